The van der Waals surface area contributed by atoms with E-state index >= 15 is 0 Å². The van der Waals surface area contributed by atoms with Gasteiger partial charge in [-0.25, -0.2) is 18.4 Å². The minimum absolute atomic E-state index is 0.0475. The van der Waals surface area contributed by atoms with Gasteiger partial charge in [0.25, 0.3) is 0 Å². The second-order valence-corrected chi connectivity index (χ2v) is 11.1. The molecule has 0 heterocycles. The number of rotatable bonds is 16. The Labute approximate surface area is 288 Å². The number of alkyl halides is 12. The number of carbonyl (C=O) groups excluding carboxylic acids is 2. The molecule has 282 valence electrons. The molecular formula is C35H28F12O5. The van der Waals surface area contributed by atoms with Crippen molar-refractivity contribution in [1.29, 1.82) is 0 Å². The zero-order valence-electron chi connectivity index (χ0n) is 26.8. The van der Waals surface area contributed by atoms with Crippen molar-refractivity contribution in [2.75, 3.05) is 13.2 Å². The minimum atomic E-state index is -7.75. The number of unbranched alkanes of at least 4 members (excludes halogenated alkanes) is 3. The lowest BCUT2D eigenvalue weighted by Gasteiger charge is -2.38. The third kappa shape index (κ3) is 9.31. The SMILES string of the molecule is CCCCCCOc1ccc(C#Cc2ccc(C(=O)Oc3ccc(C(=O)OCC(F)(F)C(F)(F)C(F)(F)C(F)(F)C(F)(F)C(F)F)cc3)cc2)cc1. The van der Waals surface area contributed by atoms with E-state index in [1.165, 1.54) is 24.3 Å². The molecule has 3 aromatic rings. The van der Waals surface area contributed by atoms with Crippen LogP contribution in [0.2, 0.25) is 0 Å². The van der Waals surface area contributed by atoms with Gasteiger partial charge in [-0.15, -0.1) is 0 Å². The molecule has 0 saturated carbocycles. The van der Waals surface area contributed by atoms with Gasteiger partial charge < -0.3 is 14.2 Å². The molecule has 0 aliphatic rings. The molecule has 0 fully saturated rings. The molecule has 52 heavy (non-hydrogen) atoms. The summed E-state index contributed by atoms with van der Waals surface area (Å²) in [5.41, 5.74) is 0.573. The number of esters is 2. The summed E-state index contributed by atoms with van der Waals surface area (Å²) in [6, 6.07) is 16.3. The Morgan fingerprint density at radius 1 is 0.615 bits per heavy atom. The number of benzene rings is 3. The molecule has 0 aliphatic heterocycles. The van der Waals surface area contributed by atoms with Gasteiger partial charge in [0.15, 0.2) is 6.61 Å². The molecule has 0 saturated heterocycles. The molecule has 0 bridgehead atoms. The van der Waals surface area contributed by atoms with Crippen molar-refractivity contribution in [3.05, 3.63) is 95.1 Å². The highest BCUT2D eigenvalue weighted by Gasteiger charge is 2.87. The van der Waals surface area contributed by atoms with Crippen molar-refractivity contribution in [2.45, 2.75) is 68.6 Å². The highest BCUT2D eigenvalue weighted by Crippen LogP contribution is 2.58. The van der Waals surface area contributed by atoms with Gasteiger partial charge in [0.05, 0.1) is 17.7 Å². The molecule has 0 atom stereocenters. The van der Waals surface area contributed by atoms with Crippen LogP contribution in [0.4, 0.5) is 52.7 Å². The van der Waals surface area contributed by atoms with Crippen molar-refractivity contribution in [1.82, 2.24) is 0 Å². The Balaban J connectivity index is 1.56. The standard InChI is InChI=1S/C35H28F12O5/c1-2-3-4-5-20-50-26-16-10-23(11-17-26)7-6-22-8-12-25(13-9-22)29(49)52-27-18-14-24(15-19-27)28(48)51-21-31(38,39)33(42,43)35(46,47)34(44,45)32(40,41)30(36)37/h8-19,30H,2-5,20-21H2,1H3. The van der Waals surface area contributed by atoms with Gasteiger partial charge in [-0.1, -0.05) is 38.0 Å². The van der Waals surface area contributed by atoms with Crippen LogP contribution in [-0.2, 0) is 4.74 Å². The predicted octanol–water partition coefficient (Wildman–Crippen LogP) is 9.86. The van der Waals surface area contributed by atoms with Crippen LogP contribution in [0.5, 0.6) is 11.5 Å². The molecule has 0 aromatic heterocycles. The molecule has 0 N–H and O–H groups in total. The Morgan fingerprint density at radius 3 is 1.62 bits per heavy atom. The van der Waals surface area contributed by atoms with Crippen LogP contribution in [-0.4, -0.2) is 61.2 Å². The number of halogens is 12. The first-order valence-electron chi connectivity index (χ1n) is 15.2. The van der Waals surface area contributed by atoms with Crippen LogP contribution in [0, 0.1) is 11.8 Å². The summed E-state index contributed by atoms with van der Waals surface area (Å²) >= 11 is 0. The van der Waals surface area contributed by atoms with E-state index in [1.54, 1.807) is 24.3 Å². The fourth-order valence-electron chi connectivity index (χ4n) is 4.12. The molecule has 5 nitrogen and oxygen atoms in total. The van der Waals surface area contributed by atoms with Crippen LogP contribution in [0.25, 0.3) is 0 Å². The van der Waals surface area contributed by atoms with Crippen LogP contribution in [0.1, 0.15) is 64.4 Å². The van der Waals surface area contributed by atoms with Crippen LogP contribution < -0.4 is 9.47 Å². The molecule has 0 unspecified atom stereocenters. The van der Waals surface area contributed by atoms with E-state index in [2.05, 4.69) is 23.5 Å². The summed E-state index contributed by atoms with van der Waals surface area (Å²) < 4.78 is 174. The van der Waals surface area contributed by atoms with E-state index in [0.29, 0.717) is 17.7 Å². The summed E-state index contributed by atoms with van der Waals surface area (Å²) in [5.74, 6) is -32.9. The summed E-state index contributed by atoms with van der Waals surface area (Å²) in [7, 11) is 0. The fraction of sp³-hybridized carbons (Fsp3) is 0.371. The van der Waals surface area contributed by atoms with Gasteiger partial charge in [0.2, 0.25) is 0 Å². The first-order chi connectivity index (χ1) is 24.2. The molecule has 0 amide bonds. The number of hydrogen-bond acceptors (Lipinski definition) is 5. The monoisotopic (exact) mass is 756 g/mol. The van der Waals surface area contributed by atoms with Gasteiger partial charge in [-0.05, 0) is 79.2 Å². The zero-order valence-corrected chi connectivity index (χ0v) is 26.8. The molecule has 3 rings (SSSR count). The average molecular weight is 757 g/mol. The quantitative estimate of drug-likeness (QED) is 0.0479. The third-order valence-electron chi connectivity index (χ3n) is 7.22. The summed E-state index contributed by atoms with van der Waals surface area (Å²) in [6.45, 7) is -0.315. The summed E-state index contributed by atoms with van der Waals surface area (Å²) in [5, 5.41) is 0. The van der Waals surface area contributed by atoms with Crippen LogP contribution >= 0.6 is 0 Å². The average Bonchev–Trinajstić information content (AvgIpc) is 3.10. The van der Waals surface area contributed by atoms with Crippen molar-refractivity contribution < 1.29 is 76.5 Å². The van der Waals surface area contributed by atoms with Gasteiger partial charge in [-0.2, -0.15) is 43.9 Å². The smallest absolute Gasteiger partial charge is 0.384 e. The van der Waals surface area contributed by atoms with E-state index < -0.39 is 60.1 Å². The largest absolute Gasteiger partial charge is 0.494 e. The van der Waals surface area contributed by atoms with Gasteiger partial charge in [0, 0.05) is 11.1 Å². The number of hydrogen-bond donors (Lipinski definition) is 0. The van der Waals surface area contributed by atoms with Crippen molar-refractivity contribution >= 4 is 11.9 Å². The van der Waals surface area contributed by atoms with E-state index in [9.17, 15) is 62.3 Å². The lowest BCUT2D eigenvalue weighted by Crippen LogP contribution is -2.69. The normalized spacial score (nSPS) is 12.6. The van der Waals surface area contributed by atoms with E-state index in [1.807, 2.05) is 0 Å². The second kappa shape index (κ2) is 16.6. The predicted molar refractivity (Wildman–Crippen MR) is 161 cm³/mol. The molecule has 3 aromatic carbocycles. The summed E-state index contributed by atoms with van der Waals surface area (Å²) in [4.78, 5) is 24.6. The van der Waals surface area contributed by atoms with E-state index in [4.69, 9.17) is 9.47 Å². The van der Waals surface area contributed by atoms with Gasteiger partial charge in [0.1, 0.15) is 11.5 Å². The highest BCUT2D eigenvalue weighted by atomic mass is 19.4. The molecule has 0 aliphatic carbocycles. The number of carbonyl (C=O) groups is 2. The van der Waals surface area contributed by atoms with Crippen LogP contribution in [0.15, 0.2) is 72.8 Å². The first kappa shape index (κ1) is 41.5. The Bertz CT molecular complexity index is 1710. The topological polar surface area (TPSA) is 61.8 Å². The zero-order chi connectivity index (χ0) is 39.0. The van der Waals surface area contributed by atoms with Gasteiger partial charge >= 0.3 is 48.0 Å². The molecule has 0 radical (unpaired) electrons. The van der Waals surface area contributed by atoms with E-state index in [-0.39, 0.29) is 11.3 Å². The Morgan fingerprint density at radius 2 is 1.10 bits per heavy atom. The van der Waals surface area contributed by atoms with Crippen LogP contribution in [0.3, 0.4) is 0 Å². The first-order valence-corrected chi connectivity index (χ1v) is 15.2. The second-order valence-electron chi connectivity index (χ2n) is 11.1. The van der Waals surface area contributed by atoms with Crippen molar-refractivity contribution in [2.24, 2.45) is 0 Å². The molecule has 17 heteroatoms. The van der Waals surface area contributed by atoms with E-state index in [0.717, 1.165) is 55.7 Å². The highest BCUT2D eigenvalue weighted by molar-refractivity contribution is 5.92. The summed E-state index contributed by atoms with van der Waals surface area (Å²) in [6.07, 6.45) is -1.30. The maximum Gasteiger partial charge on any atom is 0.384 e. The maximum absolute atomic E-state index is 13.9. The third-order valence-corrected chi connectivity index (χ3v) is 7.22. The lowest BCUT2D eigenvalue weighted by molar-refractivity contribution is -0.414. The Kier molecular flexibility index (Phi) is 13.3. The minimum Gasteiger partial charge on any atom is -0.494 e. The van der Waals surface area contributed by atoms with Gasteiger partial charge in [-0.3, -0.25) is 0 Å². The van der Waals surface area contributed by atoms with Crippen molar-refractivity contribution in [3.63, 3.8) is 0 Å². The fourth-order valence-corrected chi connectivity index (χ4v) is 4.12. The van der Waals surface area contributed by atoms with Crippen molar-refractivity contribution in [3.8, 4) is 23.3 Å². The Hall–Kier alpha value is -4.88. The molecular weight excluding hydrogens is 728 g/mol. The lowest BCUT2D eigenvalue weighted by atomic mass is 9.94. The maximum atomic E-state index is 13.9. The molecule has 0 spiro atoms. The number of ether oxygens (including phenoxy) is 3.